The molecule has 1 fully saturated rings. The van der Waals surface area contributed by atoms with Gasteiger partial charge in [0.15, 0.2) is 0 Å². The first kappa shape index (κ1) is 16.1. The maximum absolute atomic E-state index is 12.5. The molecule has 1 aliphatic rings. The molecule has 2 aromatic rings. The molecule has 2 heterocycles. The highest BCUT2D eigenvalue weighted by atomic mass is 16.5. The fourth-order valence-electron chi connectivity index (χ4n) is 3.01. The molecular formula is C18H21N3O3. The van der Waals surface area contributed by atoms with E-state index in [0.29, 0.717) is 13.1 Å². The number of H-pyrrole nitrogens is 2. The molecule has 6 nitrogen and oxygen atoms in total. The molecule has 1 aromatic carbocycles. The molecule has 3 rings (SSSR count). The summed E-state index contributed by atoms with van der Waals surface area (Å²) in [6, 6.07) is 9.22. The van der Waals surface area contributed by atoms with E-state index >= 15 is 0 Å². The molecule has 2 N–H and O–H groups in total. The van der Waals surface area contributed by atoms with Gasteiger partial charge in [-0.15, -0.1) is 0 Å². The lowest BCUT2D eigenvalue weighted by Gasteiger charge is -2.15. The van der Waals surface area contributed by atoms with Gasteiger partial charge in [0.1, 0.15) is 5.75 Å². The number of likely N-dealkylation sites (tertiary alicyclic amines) is 1. The first-order chi connectivity index (χ1) is 11.6. The van der Waals surface area contributed by atoms with E-state index in [1.807, 2.05) is 36.1 Å². The second-order valence-corrected chi connectivity index (χ2v) is 6.04. The lowest BCUT2D eigenvalue weighted by molar-refractivity contribution is -0.125. The van der Waals surface area contributed by atoms with Crippen molar-refractivity contribution in [3.8, 4) is 5.75 Å². The van der Waals surface area contributed by atoms with E-state index in [4.69, 9.17) is 4.74 Å². The second-order valence-electron chi connectivity index (χ2n) is 6.04. The third kappa shape index (κ3) is 3.42. The monoisotopic (exact) mass is 327 g/mol. The number of amides is 1. The number of carbonyl (C=O) groups is 1. The van der Waals surface area contributed by atoms with E-state index in [2.05, 4.69) is 10.2 Å². The number of nitrogens with one attached hydrogen (secondary N) is 2. The molecule has 1 aliphatic heterocycles. The highest BCUT2D eigenvalue weighted by molar-refractivity contribution is 5.95. The van der Waals surface area contributed by atoms with Gasteiger partial charge in [0.2, 0.25) is 5.91 Å². The van der Waals surface area contributed by atoms with Crippen molar-refractivity contribution in [2.75, 3.05) is 20.2 Å². The number of nitrogens with zero attached hydrogens (tertiary/aromatic N) is 1. The molecule has 0 bridgehead atoms. The van der Waals surface area contributed by atoms with Crippen LogP contribution < -0.4 is 10.3 Å². The molecule has 6 heteroatoms. The Balaban J connectivity index is 1.69. The fraction of sp³-hybridized carbons (Fsp3) is 0.333. The molecule has 1 saturated heterocycles. The zero-order chi connectivity index (χ0) is 17.1. The van der Waals surface area contributed by atoms with Gasteiger partial charge in [-0.1, -0.05) is 12.1 Å². The van der Waals surface area contributed by atoms with Crippen LogP contribution in [0.3, 0.4) is 0 Å². The smallest absolute Gasteiger partial charge is 0.264 e. The molecule has 0 spiro atoms. The zero-order valence-electron chi connectivity index (χ0n) is 13.8. The van der Waals surface area contributed by atoms with Crippen molar-refractivity contribution >= 4 is 11.5 Å². The number of aromatic nitrogens is 2. The van der Waals surface area contributed by atoms with Crippen molar-refractivity contribution in [2.24, 2.45) is 0 Å². The number of hydrogen-bond donors (Lipinski definition) is 2. The zero-order valence-corrected chi connectivity index (χ0v) is 13.8. The fourth-order valence-corrected chi connectivity index (χ4v) is 3.01. The Morgan fingerprint density at radius 1 is 1.33 bits per heavy atom. The summed E-state index contributed by atoms with van der Waals surface area (Å²) in [7, 11) is 1.62. The molecule has 1 amide bonds. The third-order valence-electron chi connectivity index (χ3n) is 4.42. The van der Waals surface area contributed by atoms with Crippen molar-refractivity contribution in [3.63, 3.8) is 0 Å². The predicted molar refractivity (Wildman–Crippen MR) is 92.0 cm³/mol. The number of methoxy groups -OCH3 is 1. The largest absolute Gasteiger partial charge is 0.497 e. The lowest BCUT2D eigenvalue weighted by atomic mass is 10.1. The Hall–Kier alpha value is -2.76. The average molecular weight is 327 g/mol. The van der Waals surface area contributed by atoms with Crippen LogP contribution in [0, 0.1) is 0 Å². The Labute approximate surface area is 140 Å². The van der Waals surface area contributed by atoms with Crippen LogP contribution in [0.2, 0.25) is 0 Å². The summed E-state index contributed by atoms with van der Waals surface area (Å²) in [5.74, 6) is 0.944. The van der Waals surface area contributed by atoms with Gasteiger partial charge in [-0.2, -0.15) is 0 Å². The molecule has 0 radical (unpaired) electrons. The van der Waals surface area contributed by atoms with Crippen LogP contribution in [0.5, 0.6) is 5.75 Å². The molecule has 1 aromatic heterocycles. The van der Waals surface area contributed by atoms with Crippen LogP contribution in [0.1, 0.15) is 30.5 Å². The van der Waals surface area contributed by atoms with Crippen molar-refractivity contribution in [3.05, 3.63) is 58.0 Å². The summed E-state index contributed by atoms with van der Waals surface area (Å²) in [4.78, 5) is 25.6. The molecule has 1 atom stereocenters. The summed E-state index contributed by atoms with van der Waals surface area (Å²) in [5, 5.41) is 5.43. The number of rotatable bonds is 4. The van der Waals surface area contributed by atoms with E-state index in [0.717, 1.165) is 29.0 Å². The summed E-state index contributed by atoms with van der Waals surface area (Å²) in [5.41, 5.74) is 2.60. The number of carbonyl (C=O) groups excluding carboxylic acids is 1. The third-order valence-corrected chi connectivity index (χ3v) is 4.42. The van der Waals surface area contributed by atoms with E-state index < -0.39 is 0 Å². The Kier molecular flexibility index (Phi) is 4.55. The standard InChI is InChI=1S/C18H21N3O3/c1-12(13-4-3-5-15(9-13)24-2)8-18(23)21-7-6-14(11-21)16-10-17(22)20-19-16/h3-5,8-10,14H,6-7,11H2,1-2H3,(H2,19,20,22)/t14-/m0/s1. The van der Waals surface area contributed by atoms with Crippen molar-refractivity contribution < 1.29 is 9.53 Å². The Morgan fingerprint density at radius 3 is 2.88 bits per heavy atom. The maximum atomic E-state index is 12.5. The van der Waals surface area contributed by atoms with E-state index in [9.17, 15) is 9.59 Å². The normalized spacial score (nSPS) is 18.0. The predicted octanol–water partition coefficient (Wildman–Crippen LogP) is 2.13. The molecule has 24 heavy (non-hydrogen) atoms. The van der Waals surface area contributed by atoms with Gasteiger partial charge in [0.05, 0.1) is 7.11 Å². The number of ether oxygens (including phenoxy) is 1. The quantitative estimate of drug-likeness (QED) is 0.845. The van der Waals surface area contributed by atoms with Gasteiger partial charge < -0.3 is 14.7 Å². The highest BCUT2D eigenvalue weighted by Gasteiger charge is 2.27. The van der Waals surface area contributed by atoms with E-state index in [-0.39, 0.29) is 17.4 Å². The van der Waals surface area contributed by atoms with Gasteiger partial charge in [-0.3, -0.25) is 14.7 Å². The molecule has 0 unspecified atom stereocenters. The first-order valence-electron chi connectivity index (χ1n) is 7.96. The molecule has 0 saturated carbocycles. The van der Waals surface area contributed by atoms with Crippen LogP contribution in [0.25, 0.3) is 5.57 Å². The summed E-state index contributed by atoms with van der Waals surface area (Å²) < 4.78 is 5.22. The van der Waals surface area contributed by atoms with Gasteiger partial charge in [-0.05, 0) is 36.6 Å². The molecular weight excluding hydrogens is 306 g/mol. The number of benzene rings is 1. The number of hydrogen-bond acceptors (Lipinski definition) is 3. The van der Waals surface area contributed by atoms with Crippen LogP contribution in [0.15, 0.2) is 41.2 Å². The minimum atomic E-state index is -0.136. The van der Waals surface area contributed by atoms with Crippen molar-refractivity contribution in [1.29, 1.82) is 0 Å². The SMILES string of the molecule is COc1cccc(C(C)=CC(=O)N2CC[C@H](c3cc(=O)[nH][nH]3)C2)c1. The average Bonchev–Trinajstić information content (AvgIpc) is 3.23. The minimum absolute atomic E-state index is 0.00398. The van der Waals surface area contributed by atoms with Gasteiger partial charge in [0.25, 0.3) is 5.56 Å². The van der Waals surface area contributed by atoms with Crippen LogP contribution in [-0.2, 0) is 4.79 Å². The highest BCUT2D eigenvalue weighted by Crippen LogP contribution is 2.26. The van der Waals surface area contributed by atoms with Crippen LogP contribution in [0.4, 0.5) is 0 Å². The maximum Gasteiger partial charge on any atom is 0.264 e. The van der Waals surface area contributed by atoms with E-state index in [1.54, 1.807) is 19.3 Å². The van der Waals surface area contributed by atoms with Crippen LogP contribution in [-0.4, -0.2) is 41.2 Å². The number of aromatic amines is 2. The summed E-state index contributed by atoms with van der Waals surface area (Å²) >= 11 is 0. The van der Waals surface area contributed by atoms with Crippen molar-refractivity contribution in [2.45, 2.75) is 19.3 Å². The molecule has 0 aliphatic carbocycles. The lowest BCUT2D eigenvalue weighted by Crippen LogP contribution is -2.26. The second kappa shape index (κ2) is 6.78. The van der Waals surface area contributed by atoms with Crippen molar-refractivity contribution in [1.82, 2.24) is 15.1 Å². The molecule has 126 valence electrons. The van der Waals surface area contributed by atoms with Gasteiger partial charge >= 0.3 is 0 Å². The summed E-state index contributed by atoms with van der Waals surface area (Å²) in [6.45, 7) is 3.23. The Bertz CT molecular complexity index is 819. The first-order valence-corrected chi connectivity index (χ1v) is 7.96. The van der Waals surface area contributed by atoms with Gasteiger partial charge in [0, 0.05) is 36.8 Å². The minimum Gasteiger partial charge on any atom is -0.497 e. The van der Waals surface area contributed by atoms with Gasteiger partial charge in [-0.25, -0.2) is 0 Å². The topological polar surface area (TPSA) is 78.2 Å². The Morgan fingerprint density at radius 2 is 2.17 bits per heavy atom. The van der Waals surface area contributed by atoms with E-state index in [1.165, 1.54) is 0 Å². The number of allylic oxidation sites excluding steroid dienone is 1. The summed E-state index contributed by atoms with van der Waals surface area (Å²) in [6.07, 6.45) is 2.52. The van der Waals surface area contributed by atoms with Crippen LogP contribution >= 0.6 is 0 Å².